The summed E-state index contributed by atoms with van der Waals surface area (Å²) in [6.07, 6.45) is 0.758. The van der Waals surface area contributed by atoms with E-state index in [-0.39, 0.29) is 33.7 Å². The first-order chi connectivity index (χ1) is 9.80. The second kappa shape index (κ2) is 6.00. The summed E-state index contributed by atoms with van der Waals surface area (Å²) in [6.45, 7) is 0.138. The Morgan fingerprint density at radius 1 is 1.38 bits per heavy atom. The van der Waals surface area contributed by atoms with E-state index >= 15 is 0 Å². The summed E-state index contributed by atoms with van der Waals surface area (Å²) in [5.41, 5.74) is 0. The van der Waals surface area contributed by atoms with Gasteiger partial charge in [0.1, 0.15) is 21.7 Å². The molecule has 6 nitrogen and oxygen atoms in total. The van der Waals surface area contributed by atoms with E-state index in [0.29, 0.717) is 6.42 Å². The van der Waals surface area contributed by atoms with Crippen LogP contribution in [0.15, 0.2) is 17.0 Å². The van der Waals surface area contributed by atoms with Gasteiger partial charge in [-0.2, -0.15) is 4.31 Å². The number of hydrogen-bond acceptors (Lipinski definition) is 4. The molecular weight excluding hydrogens is 341 g/mol. The van der Waals surface area contributed by atoms with Crippen molar-refractivity contribution in [3.63, 3.8) is 0 Å². The molecule has 0 unspecified atom stereocenters. The third kappa shape index (κ3) is 2.83. The largest absolute Gasteiger partial charge is 0.495 e. The third-order valence-corrected chi connectivity index (χ3v) is 6.23. The van der Waals surface area contributed by atoms with Crippen LogP contribution in [0.1, 0.15) is 12.8 Å². The maximum Gasteiger partial charge on any atom is 0.322 e. The zero-order valence-corrected chi connectivity index (χ0v) is 13.4. The molecule has 1 saturated heterocycles. The van der Waals surface area contributed by atoms with Gasteiger partial charge in [-0.1, -0.05) is 23.2 Å². The predicted octanol–water partition coefficient (Wildman–Crippen LogP) is 2.24. The summed E-state index contributed by atoms with van der Waals surface area (Å²) in [5, 5.41) is 8.92. The van der Waals surface area contributed by atoms with Crippen LogP contribution in [-0.4, -0.2) is 43.5 Å². The van der Waals surface area contributed by atoms with Crippen molar-refractivity contribution in [3.05, 3.63) is 22.2 Å². The molecule has 0 spiro atoms. The molecule has 1 atom stereocenters. The summed E-state index contributed by atoms with van der Waals surface area (Å²) < 4.78 is 31.1. The summed E-state index contributed by atoms with van der Waals surface area (Å²) in [5.74, 6) is -0.927. The standard InChI is InChI=1S/C12H13Cl2NO5S/c1-20-8-4-5-9(11(14)10(8)13)21(18,19)15-6-2-3-7(15)12(16)17/h4-5,7H,2-3,6H2,1H3,(H,16,17)/t7-/m1/s1. The third-order valence-electron chi connectivity index (χ3n) is 3.31. The number of benzene rings is 1. The Morgan fingerprint density at radius 2 is 2.05 bits per heavy atom. The Labute approximate surface area is 132 Å². The summed E-state index contributed by atoms with van der Waals surface area (Å²) >= 11 is 12.0. The van der Waals surface area contributed by atoms with E-state index in [4.69, 9.17) is 33.0 Å². The van der Waals surface area contributed by atoms with Gasteiger partial charge >= 0.3 is 5.97 Å². The lowest BCUT2D eigenvalue weighted by atomic mass is 10.2. The minimum absolute atomic E-state index is 0.0219. The normalized spacial score (nSPS) is 19.7. The maximum atomic E-state index is 12.6. The number of halogens is 2. The number of nitrogens with zero attached hydrogens (tertiary/aromatic N) is 1. The number of ether oxygens (including phenoxy) is 1. The Hall–Kier alpha value is -1.02. The van der Waals surface area contributed by atoms with Crippen molar-refractivity contribution in [1.82, 2.24) is 4.31 Å². The van der Waals surface area contributed by atoms with Crippen molar-refractivity contribution in [2.45, 2.75) is 23.8 Å². The van der Waals surface area contributed by atoms with Gasteiger partial charge in [0.25, 0.3) is 0 Å². The fraction of sp³-hybridized carbons (Fsp3) is 0.417. The minimum Gasteiger partial charge on any atom is -0.495 e. The molecule has 0 saturated carbocycles. The lowest BCUT2D eigenvalue weighted by molar-refractivity contribution is -0.140. The van der Waals surface area contributed by atoms with Crippen molar-refractivity contribution < 1.29 is 23.1 Å². The number of carboxylic acid groups (broad SMARTS) is 1. The summed E-state index contributed by atoms with van der Waals surface area (Å²) in [6, 6.07) is 1.57. The number of carbonyl (C=O) groups is 1. The van der Waals surface area contributed by atoms with Crippen LogP contribution in [-0.2, 0) is 14.8 Å². The Balaban J connectivity index is 2.50. The van der Waals surface area contributed by atoms with Crippen LogP contribution in [0.2, 0.25) is 10.0 Å². The van der Waals surface area contributed by atoms with Gasteiger partial charge in [0, 0.05) is 6.54 Å². The molecular formula is C12H13Cl2NO5S. The van der Waals surface area contributed by atoms with E-state index in [2.05, 4.69) is 0 Å². The average molecular weight is 354 g/mol. The van der Waals surface area contributed by atoms with Crippen LogP contribution < -0.4 is 4.74 Å². The second-order valence-electron chi connectivity index (χ2n) is 4.51. The number of aliphatic carboxylic acids is 1. The molecule has 9 heteroatoms. The molecule has 1 N–H and O–H groups in total. The molecule has 2 rings (SSSR count). The molecule has 116 valence electrons. The molecule has 0 bridgehead atoms. The van der Waals surface area contributed by atoms with E-state index in [9.17, 15) is 13.2 Å². The van der Waals surface area contributed by atoms with E-state index in [1.807, 2.05) is 0 Å². The Kier molecular flexibility index (Phi) is 4.67. The van der Waals surface area contributed by atoms with E-state index in [1.165, 1.54) is 19.2 Å². The summed E-state index contributed by atoms with van der Waals surface area (Å²) in [4.78, 5) is 10.9. The fourth-order valence-electron chi connectivity index (χ4n) is 2.27. The molecule has 21 heavy (non-hydrogen) atoms. The first-order valence-electron chi connectivity index (χ1n) is 6.07. The highest BCUT2D eigenvalue weighted by atomic mass is 35.5. The molecule has 1 aromatic carbocycles. The van der Waals surface area contributed by atoms with Gasteiger partial charge in [0.2, 0.25) is 10.0 Å². The number of sulfonamides is 1. The minimum atomic E-state index is -4.03. The van der Waals surface area contributed by atoms with E-state index in [1.54, 1.807) is 0 Å². The highest BCUT2D eigenvalue weighted by Crippen LogP contribution is 2.39. The first kappa shape index (κ1) is 16.4. The van der Waals surface area contributed by atoms with E-state index < -0.39 is 22.0 Å². The smallest absolute Gasteiger partial charge is 0.322 e. The van der Waals surface area contributed by atoms with Gasteiger partial charge in [-0.15, -0.1) is 0 Å². The molecule has 1 fully saturated rings. The highest BCUT2D eigenvalue weighted by molar-refractivity contribution is 7.89. The Morgan fingerprint density at radius 3 is 2.62 bits per heavy atom. The SMILES string of the molecule is COc1ccc(S(=O)(=O)N2CCC[C@@H]2C(=O)O)c(Cl)c1Cl. The predicted molar refractivity (Wildman–Crippen MR) is 77.6 cm³/mol. The number of rotatable bonds is 4. The van der Waals surface area contributed by atoms with E-state index in [0.717, 1.165) is 4.31 Å². The molecule has 1 aromatic rings. The number of methoxy groups -OCH3 is 1. The molecule has 1 aliphatic heterocycles. The fourth-order valence-corrected chi connectivity index (χ4v) is 4.74. The maximum absolute atomic E-state index is 12.6. The molecule has 0 amide bonds. The average Bonchev–Trinajstić information content (AvgIpc) is 2.91. The van der Waals surface area contributed by atoms with Crippen LogP contribution in [0, 0.1) is 0 Å². The van der Waals surface area contributed by atoms with Crippen molar-refractivity contribution in [1.29, 1.82) is 0 Å². The number of carboxylic acids is 1. The van der Waals surface area contributed by atoms with Crippen molar-refractivity contribution in [3.8, 4) is 5.75 Å². The molecule has 0 aliphatic carbocycles. The van der Waals surface area contributed by atoms with Gasteiger partial charge in [0.15, 0.2) is 0 Å². The van der Waals surface area contributed by atoms with Crippen LogP contribution in [0.4, 0.5) is 0 Å². The van der Waals surface area contributed by atoms with Gasteiger partial charge in [-0.05, 0) is 25.0 Å². The zero-order valence-electron chi connectivity index (χ0n) is 11.0. The summed E-state index contributed by atoms with van der Waals surface area (Å²) in [7, 11) is -2.65. The number of hydrogen-bond donors (Lipinski definition) is 1. The first-order valence-corrected chi connectivity index (χ1v) is 8.27. The van der Waals surface area contributed by atoms with Gasteiger partial charge in [-0.3, -0.25) is 4.79 Å². The van der Waals surface area contributed by atoms with Crippen LogP contribution in [0.25, 0.3) is 0 Å². The lowest BCUT2D eigenvalue weighted by Gasteiger charge is -2.22. The molecule has 1 heterocycles. The van der Waals surface area contributed by atoms with Crippen molar-refractivity contribution in [2.75, 3.05) is 13.7 Å². The molecule has 0 radical (unpaired) electrons. The van der Waals surface area contributed by atoms with Gasteiger partial charge in [-0.25, -0.2) is 8.42 Å². The van der Waals surface area contributed by atoms with Gasteiger partial charge < -0.3 is 9.84 Å². The monoisotopic (exact) mass is 353 g/mol. The quantitative estimate of drug-likeness (QED) is 0.897. The molecule has 0 aromatic heterocycles. The molecule has 1 aliphatic rings. The van der Waals surface area contributed by atoms with Gasteiger partial charge in [0.05, 0.1) is 12.1 Å². The Bertz CT molecular complexity index is 676. The van der Waals surface area contributed by atoms with Crippen LogP contribution in [0.3, 0.4) is 0 Å². The van der Waals surface area contributed by atoms with Crippen LogP contribution >= 0.6 is 23.2 Å². The van der Waals surface area contributed by atoms with Crippen molar-refractivity contribution >= 4 is 39.2 Å². The topological polar surface area (TPSA) is 83.9 Å². The second-order valence-corrected chi connectivity index (χ2v) is 7.12. The van der Waals surface area contributed by atoms with Crippen LogP contribution in [0.5, 0.6) is 5.75 Å². The lowest BCUT2D eigenvalue weighted by Crippen LogP contribution is -2.40. The zero-order chi connectivity index (χ0) is 15.8. The van der Waals surface area contributed by atoms with Crippen molar-refractivity contribution in [2.24, 2.45) is 0 Å². The highest BCUT2D eigenvalue weighted by Gasteiger charge is 2.40.